The van der Waals surface area contributed by atoms with E-state index in [1.54, 1.807) is 18.1 Å². The summed E-state index contributed by atoms with van der Waals surface area (Å²) in [6.45, 7) is 4.67. The second-order valence-electron chi connectivity index (χ2n) is 4.14. The minimum absolute atomic E-state index is 0.0371. The van der Waals surface area contributed by atoms with Gasteiger partial charge < -0.3 is 11.1 Å². The van der Waals surface area contributed by atoms with Gasteiger partial charge in [-0.1, -0.05) is 13.8 Å². The van der Waals surface area contributed by atoms with Crippen LogP contribution in [0.4, 0.5) is 0 Å². The SMILES string of the molecule is CC(C)C(CN)C(=O)NCc1ncn(C)n1. The Hall–Kier alpha value is -1.43. The van der Waals surface area contributed by atoms with Crippen LogP contribution in [0.15, 0.2) is 6.33 Å². The third kappa shape index (κ3) is 3.30. The van der Waals surface area contributed by atoms with Gasteiger partial charge in [0, 0.05) is 13.6 Å². The molecule has 0 bridgehead atoms. The average molecular weight is 225 g/mol. The van der Waals surface area contributed by atoms with Gasteiger partial charge in [-0.3, -0.25) is 9.48 Å². The molecule has 0 radical (unpaired) electrons. The molecule has 16 heavy (non-hydrogen) atoms. The molecular weight excluding hydrogens is 206 g/mol. The zero-order chi connectivity index (χ0) is 12.1. The lowest BCUT2D eigenvalue weighted by Crippen LogP contribution is -2.37. The summed E-state index contributed by atoms with van der Waals surface area (Å²) < 4.78 is 1.60. The summed E-state index contributed by atoms with van der Waals surface area (Å²) in [5.41, 5.74) is 5.55. The number of carbonyl (C=O) groups excluding carboxylic acids is 1. The van der Waals surface area contributed by atoms with Crippen LogP contribution in [0.2, 0.25) is 0 Å². The van der Waals surface area contributed by atoms with Crippen LogP contribution in [-0.4, -0.2) is 27.2 Å². The van der Waals surface area contributed by atoms with Crippen LogP contribution < -0.4 is 11.1 Å². The minimum atomic E-state index is -0.149. The molecule has 0 saturated heterocycles. The maximum atomic E-state index is 11.7. The van der Waals surface area contributed by atoms with Gasteiger partial charge in [0.05, 0.1) is 12.5 Å². The number of carbonyl (C=O) groups is 1. The Kier molecular flexibility index (Phi) is 4.42. The van der Waals surface area contributed by atoms with Crippen LogP contribution in [-0.2, 0) is 18.4 Å². The van der Waals surface area contributed by atoms with Crippen LogP contribution >= 0.6 is 0 Å². The molecule has 1 aromatic heterocycles. The average Bonchev–Trinajstić information content (AvgIpc) is 2.62. The van der Waals surface area contributed by atoms with Crippen molar-refractivity contribution < 1.29 is 4.79 Å². The van der Waals surface area contributed by atoms with E-state index < -0.39 is 0 Å². The Morgan fingerprint density at radius 3 is 2.75 bits per heavy atom. The Morgan fingerprint density at radius 2 is 2.31 bits per heavy atom. The quantitative estimate of drug-likeness (QED) is 0.718. The molecule has 90 valence electrons. The van der Waals surface area contributed by atoms with Crippen molar-refractivity contribution in [3.05, 3.63) is 12.2 Å². The molecule has 1 rings (SSSR count). The van der Waals surface area contributed by atoms with E-state index in [1.165, 1.54) is 0 Å². The highest BCUT2D eigenvalue weighted by molar-refractivity contribution is 5.78. The van der Waals surface area contributed by atoms with Gasteiger partial charge in [-0.2, -0.15) is 5.10 Å². The lowest BCUT2D eigenvalue weighted by molar-refractivity contribution is -0.126. The van der Waals surface area contributed by atoms with Crippen LogP contribution in [0.25, 0.3) is 0 Å². The molecule has 0 fully saturated rings. The normalized spacial score (nSPS) is 12.8. The lowest BCUT2D eigenvalue weighted by atomic mass is 9.95. The Bertz CT molecular complexity index is 347. The summed E-state index contributed by atoms with van der Waals surface area (Å²) in [6, 6.07) is 0. The number of nitrogens with zero attached hydrogens (tertiary/aromatic N) is 3. The van der Waals surface area contributed by atoms with E-state index >= 15 is 0 Å². The van der Waals surface area contributed by atoms with Crippen molar-refractivity contribution in [2.24, 2.45) is 24.6 Å². The summed E-state index contributed by atoms with van der Waals surface area (Å²) in [5, 5.41) is 6.86. The number of hydrogen-bond donors (Lipinski definition) is 2. The topological polar surface area (TPSA) is 85.8 Å². The summed E-state index contributed by atoms with van der Waals surface area (Å²) >= 11 is 0. The molecule has 0 spiro atoms. The van der Waals surface area contributed by atoms with Gasteiger partial charge >= 0.3 is 0 Å². The molecule has 6 nitrogen and oxygen atoms in total. The van der Waals surface area contributed by atoms with Crippen molar-refractivity contribution in [1.82, 2.24) is 20.1 Å². The molecule has 0 aliphatic rings. The first-order chi connectivity index (χ1) is 7.54. The van der Waals surface area contributed by atoms with Gasteiger partial charge in [-0.15, -0.1) is 0 Å². The number of nitrogens with one attached hydrogen (secondary N) is 1. The van der Waals surface area contributed by atoms with Crippen molar-refractivity contribution >= 4 is 5.91 Å². The number of aromatic nitrogens is 3. The smallest absolute Gasteiger partial charge is 0.225 e. The lowest BCUT2D eigenvalue weighted by Gasteiger charge is -2.17. The summed E-state index contributed by atoms with van der Waals surface area (Å²) in [6.07, 6.45) is 1.60. The van der Waals surface area contributed by atoms with Crippen molar-refractivity contribution in [2.75, 3.05) is 6.54 Å². The van der Waals surface area contributed by atoms with E-state index in [1.807, 2.05) is 13.8 Å². The molecule has 0 aliphatic carbocycles. The van der Waals surface area contributed by atoms with E-state index in [-0.39, 0.29) is 17.7 Å². The van der Waals surface area contributed by atoms with Crippen LogP contribution in [0.1, 0.15) is 19.7 Å². The molecule has 3 N–H and O–H groups in total. The van der Waals surface area contributed by atoms with Crippen molar-refractivity contribution in [3.63, 3.8) is 0 Å². The van der Waals surface area contributed by atoms with Crippen LogP contribution in [0.5, 0.6) is 0 Å². The monoisotopic (exact) mass is 225 g/mol. The number of hydrogen-bond acceptors (Lipinski definition) is 4. The van der Waals surface area contributed by atoms with Gasteiger partial charge in [0.2, 0.25) is 5.91 Å². The van der Waals surface area contributed by atoms with Gasteiger partial charge in [-0.05, 0) is 5.92 Å². The highest BCUT2D eigenvalue weighted by Gasteiger charge is 2.20. The fourth-order valence-corrected chi connectivity index (χ4v) is 1.44. The maximum absolute atomic E-state index is 11.7. The molecule has 1 unspecified atom stereocenters. The molecule has 0 aliphatic heterocycles. The molecule has 0 saturated carbocycles. The third-order valence-corrected chi connectivity index (χ3v) is 2.46. The number of nitrogens with two attached hydrogens (primary N) is 1. The van der Waals surface area contributed by atoms with E-state index in [0.29, 0.717) is 18.9 Å². The standard InChI is InChI=1S/C10H19N5O/c1-7(2)8(4-11)10(16)12-5-9-13-6-15(3)14-9/h6-8H,4-5,11H2,1-3H3,(H,12,16). The Morgan fingerprint density at radius 1 is 1.62 bits per heavy atom. The zero-order valence-electron chi connectivity index (χ0n) is 9.97. The van der Waals surface area contributed by atoms with E-state index in [4.69, 9.17) is 5.73 Å². The Labute approximate surface area is 95.2 Å². The van der Waals surface area contributed by atoms with E-state index in [2.05, 4.69) is 15.4 Å². The number of aryl methyl sites for hydroxylation is 1. The molecule has 1 amide bonds. The maximum Gasteiger partial charge on any atom is 0.225 e. The molecule has 1 aromatic rings. The first-order valence-electron chi connectivity index (χ1n) is 5.37. The summed E-state index contributed by atoms with van der Waals surface area (Å²) in [7, 11) is 1.79. The number of amides is 1. The molecular formula is C10H19N5O. The van der Waals surface area contributed by atoms with Crippen molar-refractivity contribution in [1.29, 1.82) is 0 Å². The highest BCUT2D eigenvalue weighted by atomic mass is 16.1. The predicted molar refractivity (Wildman–Crippen MR) is 60.2 cm³/mol. The zero-order valence-corrected chi connectivity index (χ0v) is 9.97. The van der Waals surface area contributed by atoms with Gasteiger partial charge in [0.15, 0.2) is 5.82 Å². The summed E-state index contributed by atoms with van der Waals surface area (Å²) in [4.78, 5) is 15.8. The number of rotatable bonds is 5. The largest absolute Gasteiger partial charge is 0.348 e. The first-order valence-corrected chi connectivity index (χ1v) is 5.37. The molecule has 1 heterocycles. The van der Waals surface area contributed by atoms with Gasteiger partial charge in [0.25, 0.3) is 0 Å². The van der Waals surface area contributed by atoms with E-state index in [9.17, 15) is 4.79 Å². The second-order valence-corrected chi connectivity index (χ2v) is 4.14. The third-order valence-electron chi connectivity index (χ3n) is 2.46. The van der Waals surface area contributed by atoms with Gasteiger partial charge in [-0.25, -0.2) is 4.98 Å². The molecule has 0 aromatic carbocycles. The first kappa shape index (κ1) is 12.6. The van der Waals surface area contributed by atoms with E-state index in [0.717, 1.165) is 0 Å². The molecule has 6 heteroatoms. The predicted octanol–water partition coefficient (Wildman–Crippen LogP) is -0.338. The van der Waals surface area contributed by atoms with Crippen LogP contribution in [0.3, 0.4) is 0 Å². The highest BCUT2D eigenvalue weighted by Crippen LogP contribution is 2.08. The van der Waals surface area contributed by atoms with Crippen molar-refractivity contribution in [2.45, 2.75) is 20.4 Å². The summed E-state index contributed by atoms with van der Waals surface area (Å²) in [5.74, 6) is 0.658. The minimum Gasteiger partial charge on any atom is -0.348 e. The van der Waals surface area contributed by atoms with Gasteiger partial charge in [0.1, 0.15) is 6.33 Å². The Balaban J connectivity index is 2.45. The second kappa shape index (κ2) is 5.60. The molecule has 1 atom stereocenters. The van der Waals surface area contributed by atoms with Crippen LogP contribution in [0, 0.1) is 11.8 Å². The fraction of sp³-hybridized carbons (Fsp3) is 0.700. The van der Waals surface area contributed by atoms with Crippen molar-refractivity contribution in [3.8, 4) is 0 Å². The fourth-order valence-electron chi connectivity index (χ4n) is 1.44.